The summed E-state index contributed by atoms with van der Waals surface area (Å²) in [5.74, 6) is 1.46. The highest BCUT2D eigenvalue weighted by atomic mass is 16.5. The van der Waals surface area contributed by atoms with Gasteiger partial charge in [0.15, 0.2) is 0 Å². The van der Waals surface area contributed by atoms with Crippen molar-refractivity contribution >= 4 is 0 Å². The van der Waals surface area contributed by atoms with Crippen LogP contribution >= 0.6 is 0 Å². The first-order valence-corrected chi connectivity index (χ1v) is 4.40. The van der Waals surface area contributed by atoms with Crippen LogP contribution in [0.2, 0.25) is 0 Å². The maximum atomic E-state index is 5.82. The molecule has 14 heavy (non-hydrogen) atoms. The lowest BCUT2D eigenvalue weighted by Gasteiger charge is -2.14. The van der Waals surface area contributed by atoms with E-state index in [2.05, 4.69) is 0 Å². The van der Waals surface area contributed by atoms with E-state index >= 15 is 0 Å². The molecule has 0 saturated carbocycles. The molecule has 0 aliphatic carbocycles. The Morgan fingerprint density at radius 1 is 1.29 bits per heavy atom. The van der Waals surface area contributed by atoms with Crippen molar-refractivity contribution in [1.29, 1.82) is 0 Å². The zero-order valence-electron chi connectivity index (χ0n) is 8.49. The number of methoxy groups -OCH3 is 2. The summed E-state index contributed by atoms with van der Waals surface area (Å²) in [4.78, 5) is 0. The van der Waals surface area contributed by atoms with Gasteiger partial charge in [-0.25, -0.2) is 0 Å². The number of hydrogen-bond donors (Lipinski definition) is 2. The Hall–Kier alpha value is -1.26. The Balaban J connectivity index is 3.04. The van der Waals surface area contributed by atoms with Gasteiger partial charge < -0.3 is 20.9 Å². The minimum Gasteiger partial charge on any atom is -0.497 e. The van der Waals surface area contributed by atoms with Crippen molar-refractivity contribution in [2.45, 2.75) is 6.04 Å². The number of rotatable bonds is 4. The van der Waals surface area contributed by atoms with Gasteiger partial charge in [0.25, 0.3) is 0 Å². The van der Waals surface area contributed by atoms with Gasteiger partial charge in [-0.2, -0.15) is 0 Å². The Labute approximate surface area is 83.8 Å². The van der Waals surface area contributed by atoms with E-state index < -0.39 is 0 Å². The van der Waals surface area contributed by atoms with E-state index in [0.717, 1.165) is 11.3 Å². The Kier molecular flexibility index (Phi) is 3.73. The minimum atomic E-state index is -0.198. The summed E-state index contributed by atoms with van der Waals surface area (Å²) in [5.41, 5.74) is 12.2. The fourth-order valence-corrected chi connectivity index (χ4v) is 1.25. The topological polar surface area (TPSA) is 70.5 Å². The molecule has 4 heteroatoms. The smallest absolute Gasteiger partial charge is 0.127 e. The van der Waals surface area contributed by atoms with E-state index in [-0.39, 0.29) is 6.04 Å². The molecule has 0 unspecified atom stereocenters. The molecule has 0 saturated heterocycles. The third-order valence-electron chi connectivity index (χ3n) is 2.09. The lowest BCUT2D eigenvalue weighted by atomic mass is 10.1. The van der Waals surface area contributed by atoms with Crippen LogP contribution in [0.15, 0.2) is 18.2 Å². The highest BCUT2D eigenvalue weighted by Gasteiger charge is 2.10. The van der Waals surface area contributed by atoms with Gasteiger partial charge in [-0.1, -0.05) is 6.07 Å². The largest absolute Gasteiger partial charge is 0.497 e. The summed E-state index contributed by atoms with van der Waals surface area (Å²) in [6, 6.07) is 5.31. The maximum absolute atomic E-state index is 5.82. The van der Waals surface area contributed by atoms with E-state index in [1.54, 1.807) is 20.3 Å². The predicted molar refractivity (Wildman–Crippen MR) is 55.5 cm³/mol. The van der Waals surface area contributed by atoms with Crippen LogP contribution < -0.4 is 20.9 Å². The highest BCUT2D eigenvalue weighted by Crippen LogP contribution is 2.27. The molecule has 0 radical (unpaired) electrons. The number of hydrogen-bond acceptors (Lipinski definition) is 4. The molecule has 78 valence electrons. The normalized spacial score (nSPS) is 12.3. The van der Waals surface area contributed by atoms with Crippen molar-refractivity contribution in [1.82, 2.24) is 0 Å². The van der Waals surface area contributed by atoms with Crippen LogP contribution in [0.25, 0.3) is 0 Å². The van der Waals surface area contributed by atoms with Crippen LogP contribution in [0.5, 0.6) is 11.5 Å². The molecule has 4 N–H and O–H groups in total. The molecule has 0 aliphatic rings. The molecule has 0 aliphatic heterocycles. The summed E-state index contributed by atoms with van der Waals surface area (Å²) in [5, 5.41) is 0. The van der Waals surface area contributed by atoms with Crippen molar-refractivity contribution in [2.75, 3.05) is 20.8 Å². The van der Waals surface area contributed by atoms with Crippen molar-refractivity contribution in [3.8, 4) is 11.5 Å². The number of nitrogens with two attached hydrogens (primary N) is 2. The van der Waals surface area contributed by atoms with Crippen LogP contribution in [0.1, 0.15) is 11.6 Å². The van der Waals surface area contributed by atoms with Gasteiger partial charge in [0.05, 0.1) is 14.2 Å². The first-order chi connectivity index (χ1) is 6.72. The van der Waals surface area contributed by atoms with E-state index in [1.165, 1.54) is 0 Å². The van der Waals surface area contributed by atoms with Gasteiger partial charge in [0.1, 0.15) is 11.5 Å². The fraction of sp³-hybridized carbons (Fsp3) is 0.400. The Bertz CT molecular complexity index is 302. The van der Waals surface area contributed by atoms with Gasteiger partial charge in [-0.05, 0) is 6.07 Å². The van der Waals surface area contributed by atoms with E-state index in [4.69, 9.17) is 20.9 Å². The molecule has 1 aromatic carbocycles. The lowest BCUT2D eigenvalue weighted by molar-refractivity contribution is 0.388. The van der Waals surface area contributed by atoms with Crippen molar-refractivity contribution in [2.24, 2.45) is 11.5 Å². The lowest BCUT2D eigenvalue weighted by Crippen LogP contribution is -2.21. The van der Waals surface area contributed by atoms with Gasteiger partial charge in [-0.3, -0.25) is 0 Å². The molecule has 0 bridgehead atoms. The van der Waals surface area contributed by atoms with Crippen LogP contribution in [-0.4, -0.2) is 20.8 Å². The molecule has 0 aromatic heterocycles. The molecule has 1 aromatic rings. The monoisotopic (exact) mass is 196 g/mol. The van der Waals surface area contributed by atoms with Gasteiger partial charge in [0, 0.05) is 24.2 Å². The molecule has 0 heterocycles. The molecule has 0 amide bonds. The first-order valence-electron chi connectivity index (χ1n) is 4.40. The zero-order valence-corrected chi connectivity index (χ0v) is 8.49. The Morgan fingerprint density at radius 3 is 2.50 bits per heavy atom. The standard InChI is InChI=1S/C10H16N2O2/c1-13-7-3-4-8(9(12)6-11)10(5-7)14-2/h3-5,9H,6,11-12H2,1-2H3/t9-/m1/s1. The molecule has 4 nitrogen and oxygen atoms in total. The third kappa shape index (κ3) is 2.16. The maximum Gasteiger partial charge on any atom is 0.127 e. The van der Waals surface area contributed by atoms with Crippen LogP contribution in [0.4, 0.5) is 0 Å². The van der Waals surface area contributed by atoms with E-state index in [1.807, 2.05) is 12.1 Å². The molecule has 1 atom stereocenters. The number of benzene rings is 1. The third-order valence-corrected chi connectivity index (χ3v) is 2.09. The average molecular weight is 196 g/mol. The van der Waals surface area contributed by atoms with Crippen LogP contribution in [-0.2, 0) is 0 Å². The van der Waals surface area contributed by atoms with Crippen LogP contribution in [0.3, 0.4) is 0 Å². The second-order valence-electron chi connectivity index (χ2n) is 2.95. The highest BCUT2D eigenvalue weighted by molar-refractivity contribution is 5.42. The summed E-state index contributed by atoms with van der Waals surface area (Å²) >= 11 is 0. The minimum absolute atomic E-state index is 0.198. The van der Waals surface area contributed by atoms with E-state index in [0.29, 0.717) is 12.3 Å². The zero-order chi connectivity index (χ0) is 10.6. The summed E-state index contributed by atoms with van der Waals surface area (Å²) in [6.45, 7) is 0.392. The van der Waals surface area contributed by atoms with Crippen molar-refractivity contribution < 1.29 is 9.47 Å². The van der Waals surface area contributed by atoms with Crippen LogP contribution in [0, 0.1) is 0 Å². The second kappa shape index (κ2) is 4.83. The van der Waals surface area contributed by atoms with Gasteiger partial charge >= 0.3 is 0 Å². The summed E-state index contributed by atoms with van der Waals surface area (Å²) in [6.07, 6.45) is 0. The molecular formula is C10H16N2O2. The molecular weight excluding hydrogens is 180 g/mol. The molecule has 0 spiro atoms. The SMILES string of the molecule is COc1ccc([C@H](N)CN)c(OC)c1. The average Bonchev–Trinajstić information content (AvgIpc) is 2.27. The predicted octanol–water partition coefficient (Wildman–Crippen LogP) is 0.662. The molecule has 1 rings (SSSR count). The quantitative estimate of drug-likeness (QED) is 0.742. The van der Waals surface area contributed by atoms with E-state index in [9.17, 15) is 0 Å². The van der Waals surface area contributed by atoms with Gasteiger partial charge in [0.2, 0.25) is 0 Å². The van der Waals surface area contributed by atoms with Crippen molar-refractivity contribution in [3.63, 3.8) is 0 Å². The molecule has 0 fully saturated rings. The second-order valence-corrected chi connectivity index (χ2v) is 2.95. The number of ether oxygens (including phenoxy) is 2. The van der Waals surface area contributed by atoms with Crippen molar-refractivity contribution in [3.05, 3.63) is 23.8 Å². The summed E-state index contributed by atoms with van der Waals surface area (Å²) in [7, 11) is 3.21. The summed E-state index contributed by atoms with van der Waals surface area (Å²) < 4.78 is 10.3. The Morgan fingerprint density at radius 2 is 2.00 bits per heavy atom. The fourth-order valence-electron chi connectivity index (χ4n) is 1.25. The van der Waals surface area contributed by atoms with Gasteiger partial charge in [-0.15, -0.1) is 0 Å². The first kappa shape index (κ1) is 10.8.